The van der Waals surface area contributed by atoms with Gasteiger partial charge in [-0.3, -0.25) is 9.78 Å². The minimum Gasteiger partial charge on any atom is -0.512 e. The summed E-state index contributed by atoms with van der Waals surface area (Å²) in [5.74, 6) is 2.79. The van der Waals surface area contributed by atoms with Gasteiger partial charge in [-0.2, -0.15) is 0 Å². The van der Waals surface area contributed by atoms with Gasteiger partial charge in [0.2, 0.25) is 0 Å². The zero-order valence-corrected chi connectivity index (χ0v) is 39.2. The Labute approximate surface area is 355 Å². The Morgan fingerprint density at radius 3 is 2.05 bits per heavy atom. The number of benzene rings is 3. The molecule has 0 amide bonds. The molecule has 1 radical (unpaired) electrons. The summed E-state index contributed by atoms with van der Waals surface area (Å²) in [5, 5.41) is 13.6. The summed E-state index contributed by atoms with van der Waals surface area (Å²) >= 11 is 0. The van der Waals surface area contributed by atoms with Gasteiger partial charge in [-0.15, -0.1) is 29.1 Å². The number of carbonyl (C=O) groups excluding carboxylic acids is 1. The van der Waals surface area contributed by atoms with E-state index in [2.05, 4.69) is 109 Å². The molecule has 6 rings (SSSR count). The van der Waals surface area contributed by atoms with E-state index in [0.717, 1.165) is 93.6 Å². The van der Waals surface area contributed by atoms with Crippen LogP contribution in [-0.4, -0.2) is 15.9 Å². The Hall–Kier alpha value is -3.99. The molecule has 0 fully saturated rings. The minimum atomic E-state index is -0.337. The number of aliphatic hydroxyl groups excluding tert-OH is 1. The molecule has 1 N–H and O–H groups in total. The van der Waals surface area contributed by atoms with Gasteiger partial charge < -0.3 is 13.9 Å². The molecular weight excluding hydrogens is 883 g/mol. The molecule has 0 aliphatic heterocycles. The van der Waals surface area contributed by atoms with Gasteiger partial charge in [-0.1, -0.05) is 124 Å². The summed E-state index contributed by atoms with van der Waals surface area (Å²) in [4.78, 5) is 17.3. The predicted octanol–water partition coefficient (Wildman–Crippen LogP) is 14.9. The molecule has 6 aromatic rings. The number of ketones is 1. The first-order valence-electron chi connectivity index (χ1n) is 20.6. The van der Waals surface area contributed by atoms with Crippen molar-refractivity contribution in [3.63, 3.8) is 0 Å². The van der Waals surface area contributed by atoms with E-state index >= 15 is 0 Å². The maximum atomic E-state index is 12.2. The topological polar surface area (TPSA) is 76.5 Å². The van der Waals surface area contributed by atoms with Crippen LogP contribution in [-0.2, 0) is 36.7 Å². The van der Waals surface area contributed by atoms with Gasteiger partial charge in [0.15, 0.2) is 11.4 Å². The zero-order valence-electron chi connectivity index (χ0n) is 36.8. The first-order chi connectivity index (χ1) is 26.3. The van der Waals surface area contributed by atoms with Crippen molar-refractivity contribution in [1.82, 2.24) is 4.98 Å². The van der Waals surface area contributed by atoms with Crippen molar-refractivity contribution in [2.24, 2.45) is 16.7 Å². The molecule has 3 heterocycles. The van der Waals surface area contributed by atoms with Crippen LogP contribution in [0.2, 0.25) is 0 Å². The molecule has 3 aromatic carbocycles. The molecule has 0 saturated heterocycles. The fourth-order valence-corrected chi connectivity index (χ4v) is 7.32. The smallest absolute Gasteiger partial charge is 0.164 e. The second kappa shape index (κ2) is 17.9. The van der Waals surface area contributed by atoms with E-state index in [-0.39, 0.29) is 47.9 Å². The van der Waals surface area contributed by atoms with Gasteiger partial charge in [0.1, 0.15) is 28.4 Å². The molecule has 0 bridgehead atoms. The van der Waals surface area contributed by atoms with Crippen molar-refractivity contribution in [3.05, 3.63) is 101 Å². The van der Waals surface area contributed by atoms with Crippen LogP contribution in [0, 0.1) is 43.6 Å². The first-order valence-corrected chi connectivity index (χ1v) is 20.6. The monoisotopic (exact) mass is 947 g/mol. The normalized spacial score (nSPS) is 12.6. The minimum absolute atomic E-state index is 0. The number of fused-ring (bicyclic) bond motifs is 3. The maximum Gasteiger partial charge on any atom is 0.164 e. The number of allylic oxidation sites excluding steroid dienone is 2. The Morgan fingerprint density at radius 1 is 0.825 bits per heavy atom. The molecule has 307 valence electrons. The molecule has 57 heavy (non-hydrogen) atoms. The number of aromatic nitrogens is 1. The third-order valence-electron chi connectivity index (χ3n) is 12.5. The van der Waals surface area contributed by atoms with E-state index in [9.17, 15) is 9.90 Å². The molecule has 0 aliphatic carbocycles. The van der Waals surface area contributed by atoms with Crippen LogP contribution in [0.1, 0.15) is 130 Å². The molecule has 0 spiro atoms. The summed E-state index contributed by atoms with van der Waals surface area (Å²) in [7, 11) is 0. The number of furan rings is 2. The van der Waals surface area contributed by atoms with Crippen LogP contribution in [0.25, 0.3) is 55.2 Å². The summed E-state index contributed by atoms with van der Waals surface area (Å²) < 4.78 is 12.7. The Balaban J connectivity index is 0.000000341. The second-order valence-corrected chi connectivity index (χ2v) is 17.8. The van der Waals surface area contributed by atoms with Crippen LogP contribution >= 0.6 is 0 Å². The standard InChI is InChI=1S/C36H36NO2.C15H28O2.Ir/c1-20(2)15-32-22(4)27-14-13-25(18-33(27)39-32)29-19-31(37-34-21(3)23(5)38-35(29)34)26-16-24-11-9-10-12-28(24)30(17-26)36(6,7)8;1-7-14(5,8-2)12(16)11-13(17)15(6,9-3)10-4;/h9-14,17-20H,15H2,1-8H3;11,16H,7-10H2,1-6H3;/q-1;;/b;12-11-;. The predicted molar refractivity (Wildman–Crippen MR) is 236 cm³/mol. The first kappa shape index (κ1) is 45.7. The number of carbonyl (C=O) groups is 1. The molecule has 6 heteroatoms. The van der Waals surface area contributed by atoms with Crippen molar-refractivity contribution in [2.45, 2.75) is 134 Å². The third-order valence-corrected chi connectivity index (χ3v) is 12.5. The second-order valence-electron chi connectivity index (χ2n) is 17.8. The van der Waals surface area contributed by atoms with E-state index in [1.165, 1.54) is 28.0 Å². The number of aryl methyl sites for hydroxylation is 3. The molecule has 5 nitrogen and oxygen atoms in total. The SMILES string of the molecule is CCC(C)(CC)C(=O)/C=C(\O)C(C)(CC)CC.Cc1oc2c(-c3ccc4c(C)c(CC(C)C)oc4c3)cc(-c3[c-]c4ccccc4c(C(C)(C)C)c3)nc2c1C.[Ir]. The number of hydrogen-bond acceptors (Lipinski definition) is 5. The number of pyridine rings is 1. The Bertz CT molecular complexity index is 2390. The van der Waals surface area contributed by atoms with E-state index in [4.69, 9.17) is 13.8 Å². The van der Waals surface area contributed by atoms with Gasteiger partial charge in [0, 0.05) is 65.6 Å². The van der Waals surface area contributed by atoms with E-state index in [0.29, 0.717) is 5.92 Å². The van der Waals surface area contributed by atoms with Gasteiger partial charge in [0.05, 0.1) is 0 Å². The van der Waals surface area contributed by atoms with Crippen LogP contribution in [0.15, 0.2) is 75.3 Å². The zero-order chi connectivity index (χ0) is 41.3. The van der Waals surface area contributed by atoms with E-state index in [1.807, 2.05) is 48.5 Å². The van der Waals surface area contributed by atoms with Crippen molar-refractivity contribution < 1.29 is 38.8 Å². The number of nitrogens with zero attached hydrogens (tertiary/aromatic N) is 1. The average molecular weight is 947 g/mol. The van der Waals surface area contributed by atoms with E-state index < -0.39 is 0 Å². The van der Waals surface area contributed by atoms with Crippen molar-refractivity contribution in [3.8, 4) is 22.4 Å². The van der Waals surface area contributed by atoms with Gasteiger partial charge in [-0.25, -0.2) is 0 Å². The van der Waals surface area contributed by atoms with Gasteiger partial charge >= 0.3 is 0 Å². The number of hydrogen-bond donors (Lipinski definition) is 1. The average Bonchev–Trinajstić information content (AvgIpc) is 3.64. The fraction of sp³-hybridized carbons (Fsp3) is 0.451. The summed E-state index contributed by atoms with van der Waals surface area (Å²) in [5.41, 5.74) is 9.57. The number of aliphatic hydroxyl groups is 1. The summed E-state index contributed by atoms with van der Waals surface area (Å²) in [6.45, 7) is 29.6. The molecule has 0 aliphatic rings. The molecule has 3 aromatic heterocycles. The van der Waals surface area contributed by atoms with Crippen LogP contribution in [0.5, 0.6) is 0 Å². The third kappa shape index (κ3) is 9.34. The summed E-state index contributed by atoms with van der Waals surface area (Å²) in [6.07, 6.45) is 5.69. The Kier molecular flexibility index (Phi) is 14.3. The quantitative estimate of drug-likeness (QED) is 0.0795. The van der Waals surface area contributed by atoms with Crippen molar-refractivity contribution in [1.29, 1.82) is 0 Å². The fourth-order valence-electron chi connectivity index (χ4n) is 7.32. The summed E-state index contributed by atoms with van der Waals surface area (Å²) in [6, 6.07) is 23.1. The van der Waals surface area contributed by atoms with Crippen LogP contribution < -0.4 is 0 Å². The molecule has 0 saturated carbocycles. The van der Waals surface area contributed by atoms with Crippen LogP contribution in [0.3, 0.4) is 0 Å². The van der Waals surface area contributed by atoms with Crippen LogP contribution in [0.4, 0.5) is 0 Å². The van der Waals surface area contributed by atoms with E-state index in [1.54, 1.807) is 0 Å². The Morgan fingerprint density at radius 2 is 1.46 bits per heavy atom. The van der Waals surface area contributed by atoms with Gasteiger partial charge in [-0.05, 0) is 75.0 Å². The van der Waals surface area contributed by atoms with Crippen molar-refractivity contribution in [2.75, 3.05) is 0 Å². The molecule has 0 unspecified atom stereocenters. The number of rotatable bonds is 11. The largest absolute Gasteiger partial charge is 0.512 e. The van der Waals surface area contributed by atoms with Crippen molar-refractivity contribution >= 4 is 38.6 Å². The molecule has 0 atom stereocenters. The maximum absolute atomic E-state index is 12.2. The molecular formula is C51H64IrNO4-. The van der Waals surface area contributed by atoms with Gasteiger partial charge in [0.25, 0.3) is 0 Å².